The molecule has 116 valence electrons. The van der Waals surface area contributed by atoms with Crippen LogP contribution in [0.3, 0.4) is 0 Å². The lowest BCUT2D eigenvalue weighted by molar-refractivity contribution is 0.745. The average molecular weight is 330 g/mol. The van der Waals surface area contributed by atoms with Gasteiger partial charge in [0.15, 0.2) is 0 Å². The molecule has 24 heavy (non-hydrogen) atoms. The van der Waals surface area contributed by atoms with Gasteiger partial charge in [0, 0.05) is 40.8 Å². The number of nitriles is 1. The molecule has 0 spiro atoms. The molecule has 3 aromatic heterocycles. The second-order valence-electron chi connectivity index (χ2n) is 5.41. The highest BCUT2D eigenvalue weighted by molar-refractivity contribution is 7.13. The first kappa shape index (κ1) is 14.6. The van der Waals surface area contributed by atoms with E-state index in [4.69, 9.17) is 10.2 Å². The molecular formula is C19H14N4S. The minimum Gasteiger partial charge on any atom is -0.346 e. The van der Waals surface area contributed by atoms with Crippen molar-refractivity contribution < 1.29 is 0 Å². The van der Waals surface area contributed by atoms with Gasteiger partial charge in [-0.1, -0.05) is 24.3 Å². The van der Waals surface area contributed by atoms with Gasteiger partial charge in [-0.15, -0.1) is 11.3 Å². The maximum Gasteiger partial charge on any atom is 0.142 e. The van der Waals surface area contributed by atoms with Crippen molar-refractivity contribution in [1.82, 2.24) is 14.5 Å². The summed E-state index contributed by atoms with van der Waals surface area (Å²) >= 11 is 1.60. The lowest BCUT2D eigenvalue weighted by Crippen LogP contribution is -1.94. The molecule has 1 aromatic carbocycles. The van der Waals surface area contributed by atoms with Crippen LogP contribution in [0.25, 0.3) is 32.9 Å². The van der Waals surface area contributed by atoms with E-state index < -0.39 is 0 Å². The molecule has 0 bridgehead atoms. The third-order valence-corrected chi connectivity index (χ3v) is 4.78. The number of aryl methyl sites for hydroxylation is 1. The molecule has 0 N–H and O–H groups in total. The number of nitrogens with zero attached hydrogens (tertiary/aromatic N) is 4. The van der Waals surface area contributed by atoms with Crippen molar-refractivity contribution in [3.8, 4) is 28.0 Å². The zero-order valence-corrected chi connectivity index (χ0v) is 13.7. The first-order valence-corrected chi connectivity index (χ1v) is 8.57. The Bertz CT molecular complexity index is 1020. The van der Waals surface area contributed by atoms with Crippen LogP contribution < -0.4 is 0 Å². The summed E-state index contributed by atoms with van der Waals surface area (Å²) in [5.41, 5.74) is 4.08. The minimum atomic E-state index is 0.494. The molecule has 5 heteroatoms. The molecule has 0 radical (unpaired) electrons. The molecule has 0 aliphatic rings. The summed E-state index contributed by atoms with van der Waals surface area (Å²) in [6.45, 7) is 0.689. The number of para-hydroxylation sites is 1. The number of benzene rings is 1. The highest BCUT2D eigenvalue weighted by Gasteiger charge is 2.13. The zero-order valence-electron chi connectivity index (χ0n) is 12.9. The van der Waals surface area contributed by atoms with E-state index in [0.29, 0.717) is 13.0 Å². The molecule has 0 saturated heterocycles. The molecule has 0 saturated carbocycles. The highest BCUT2D eigenvalue weighted by atomic mass is 32.1. The van der Waals surface area contributed by atoms with Crippen LogP contribution in [0.5, 0.6) is 0 Å². The molecule has 3 heterocycles. The Hall–Kier alpha value is -2.97. The molecule has 0 unspecified atom stereocenters. The Morgan fingerprint density at radius 1 is 1.08 bits per heavy atom. The predicted molar refractivity (Wildman–Crippen MR) is 96.5 cm³/mol. The summed E-state index contributed by atoms with van der Waals surface area (Å²) < 4.78 is 2.13. The van der Waals surface area contributed by atoms with Crippen LogP contribution in [0.4, 0.5) is 0 Å². The number of hydrogen-bond donors (Lipinski definition) is 0. The average Bonchev–Trinajstić information content (AvgIpc) is 3.26. The van der Waals surface area contributed by atoms with Gasteiger partial charge in [0.05, 0.1) is 23.9 Å². The highest BCUT2D eigenvalue weighted by Crippen LogP contribution is 2.33. The summed E-state index contributed by atoms with van der Waals surface area (Å²) in [6, 6.07) is 16.3. The minimum absolute atomic E-state index is 0.494. The zero-order chi connectivity index (χ0) is 16.4. The summed E-state index contributed by atoms with van der Waals surface area (Å²) in [5, 5.41) is 13.0. The Kier molecular flexibility index (Phi) is 3.81. The van der Waals surface area contributed by atoms with Gasteiger partial charge >= 0.3 is 0 Å². The molecule has 4 rings (SSSR count). The topological polar surface area (TPSA) is 54.5 Å². The number of fused-ring (bicyclic) bond motifs is 1. The van der Waals surface area contributed by atoms with Gasteiger partial charge in [-0.25, -0.2) is 4.98 Å². The third-order valence-electron chi connectivity index (χ3n) is 3.92. The van der Waals surface area contributed by atoms with E-state index in [1.54, 1.807) is 17.5 Å². The van der Waals surface area contributed by atoms with Crippen molar-refractivity contribution in [2.45, 2.75) is 13.0 Å². The van der Waals surface area contributed by atoms with Gasteiger partial charge in [0.1, 0.15) is 5.01 Å². The molecular weight excluding hydrogens is 316 g/mol. The number of rotatable bonds is 4. The number of hydrogen-bond acceptors (Lipinski definition) is 4. The largest absolute Gasteiger partial charge is 0.346 e. The second kappa shape index (κ2) is 6.26. The van der Waals surface area contributed by atoms with E-state index in [-0.39, 0.29) is 0 Å². The number of aromatic nitrogens is 3. The molecule has 4 aromatic rings. The van der Waals surface area contributed by atoms with E-state index >= 15 is 0 Å². The van der Waals surface area contributed by atoms with E-state index in [1.807, 2.05) is 30.3 Å². The van der Waals surface area contributed by atoms with Gasteiger partial charge in [0.2, 0.25) is 0 Å². The molecule has 0 amide bonds. The Morgan fingerprint density at radius 2 is 1.96 bits per heavy atom. The number of pyridine rings is 1. The van der Waals surface area contributed by atoms with Crippen molar-refractivity contribution in [2.24, 2.45) is 0 Å². The van der Waals surface area contributed by atoms with Crippen LogP contribution >= 0.6 is 11.3 Å². The molecule has 4 nitrogen and oxygen atoms in total. The first-order chi connectivity index (χ1) is 11.9. The van der Waals surface area contributed by atoms with Crippen LogP contribution in [-0.4, -0.2) is 14.5 Å². The quantitative estimate of drug-likeness (QED) is 0.543. The molecule has 0 aliphatic heterocycles. The number of thiazole rings is 1. The summed E-state index contributed by atoms with van der Waals surface area (Å²) in [6.07, 6.45) is 4.37. The Morgan fingerprint density at radius 3 is 2.79 bits per heavy atom. The fourth-order valence-corrected chi connectivity index (χ4v) is 3.61. The Labute approximate surface area is 143 Å². The fraction of sp³-hybridized carbons (Fsp3) is 0.105. The third kappa shape index (κ3) is 2.57. The first-order valence-electron chi connectivity index (χ1n) is 7.69. The fourth-order valence-electron chi connectivity index (χ4n) is 2.81. The standard InChI is InChI=1S/C19H14N4S/c20-9-5-11-23-12-15(14-6-1-2-8-18(14)23)17-13-24-19(22-17)16-7-3-4-10-21-16/h1-4,6-8,10,12-13H,5,11H2. The lowest BCUT2D eigenvalue weighted by atomic mass is 10.1. The maximum atomic E-state index is 8.87. The van der Waals surface area contributed by atoms with Crippen LogP contribution in [0.1, 0.15) is 6.42 Å². The Balaban J connectivity index is 1.80. The van der Waals surface area contributed by atoms with Crippen LogP contribution in [0.2, 0.25) is 0 Å². The van der Waals surface area contributed by atoms with Crippen molar-refractivity contribution >= 4 is 22.2 Å². The van der Waals surface area contributed by atoms with Gasteiger partial charge in [0.25, 0.3) is 0 Å². The van der Waals surface area contributed by atoms with Crippen LogP contribution in [-0.2, 0) is 6.54 Å². The van der Waals surface area contributed by atoms with Crippen molar-refractivity contribution in [3.63, 3.8) is 0 Å². The molecule has 0 aliphatic carbocycles. The van der Waals surface area contributed by atoms with E-state index in [9.17, 15) is 0 Å². The van der Waals surface area contributed by atoms with Gasteiger partial charge in [-0.3, -0.25) is 4.98 Å². The predicted octanol–water partition coefficient (Wildman–Crippen LogP) is 4.74. The summed E-state index contributed by atoms with van der Waals surface area (Å²) in [5.74, 6) is 0. The van der Waals surface area contributed by atoms with Gasteiger partial charge in [-0.2, -0.15) is 5.26 Å². The summed E-state index contributed by atoms with van der Waals surface area (Å²) in [4.78, 5) is 9.14. The van der Waals surface area contributed by atoms with Crippen LogP contribution in [0.15, 0.2) is 60.2 Å². The van der Waals surface area contributed by atoms with Crippen molar-refractivity contribution in [1.29, 1.82) is 5.26 Å². The molecule has 0 fully saturated rings. The van der Waals surface area contributed by atoms with E-state index in [1.165, 1.54) is 0 Å². The van der Waals surface area contributed by atoms with Gasteiger partial charge < -0.3 is 4.57 Å². The van der Waals surface area contributed by atoms with Crippen molar-refractivity contribution in [2.75, 3.05) is 0 Å². The van der Waals surface area contributed by atoms with E-state index in [2.05, 4.69) is 39.3 Å². The molecule has 0 atom stereocenters. The normalized spacial score (nSPS) is 10.8. The van der Waals surface area contributed by atoms with Crippen molar-refractivity contribution in [3.05, 3.63) is 60.2 Å². The second-order valence-corrected chi connectivity index (χ2v) is 6.27. The van der Waals surface area contributed by atoms with E-state index in [0.717, 1.165) is 32.9 Å². The summed E-state index contributed by atoms with van der Waals surface area (Å²) in [7, 11) is 0. The smallest absolute Gasteiger partial charge is 0.142 e. The van der Waals surface area contributed by atoms with Crippen LogP contribution in [0, 0.1) is 11.3 Å². The SMILES string of the molecule is N#CCCn1cc(-c2csc(-c3ccccn3)n2)c2ccccc21. The maximum absolute atomic E-state index is 8.87. The van der Waals surface area contributed by atoms with Gasteiger partial charge in [-0.05, 0) is 18.2 Å². The monoisotopic (exact) mass is 330 g/mol. The lowest BCUT2D eigenvalue weighted by Gasteiger charge is -2.00.